The van der Waals surface area contributed by atoms with E-state index < -0.39 is 10.0 Å². The second-order valence-electron chi connectivity index (χ2n) is 7.39. The van der Waals surface area contributed by atoms with Crippen LogP contribution in [0.25, 0.3) is 0 Å². The molecule has 0 fully saturated rings. The van der Waals surface area contributed by atoms with Crippen LogP contribution in [0.1, 0.15) is 43.9 Å². The molecule has 158 valence electrons. The molecule has 3 rings (SSSR count). The third-order valence-electron chi connectivity index (χ3n) is 5.57. The SMILES string of the molecule is Cc1oncc1C(=O)Nc1cccc(NS(=O)(=O)c2c(C)c(C)c(C)c(C)c2C)c1. The number of amides is 1. The van der Waals surface area contributed by atoms with Gasteiger partial charge in [0.15, 0.2) is 0 Å². The standard InChI is InChI=1S/C22H25N3O4S/c1-12-13(2)15(4)21(16(5)14(12)3)30(27,28)25-19-9-7-8-18(10-19)24-22(26)20-11-23-29-17(20)6/h7-11,25H,1-6H3,(H,24,26). The summed E-state index contributed by atoms with van der Waals surface area (Å²) in [4.78, 5) is 12.6. The second kappa shape index (κ2) is 7.95. The first-order chi connectivity index (χ1) is 14.0. The summed E-state index contributed by atoms with van der Waals surface area (Å²) in [5.41, 5.74) is 5.60. The van der Waals surface area contributed by atoms with Gasteiger partial charge in [-0.3, -0.25) is 9.52 Å². The summed E-state index contributed by atoms with van der Waals surface area (Å²) < 4.78 is 34.0. The van der Waals surface area contributed by atoms with Crippen LogP contribution in [0.3, 0.4) is 0 Å². The lowest BCUT2D eigenvalue weighted by Gasteiger charge is -2.19. The summed E-state index contributed by atoms with van der Waals surface area (Å²) in [6.07, 6.45) is 1.34. The fraction of sp³-hybridized carbons (Fsp3) is 0.273. The fourth-order valence-corrected chi connectivity index (χ4v) is 5.10. The summed E-state index contributed by atoms with van der Waals surface area (Å²) >= 11 is 0. The Balaban J connectivity index is 1.91. The number of aromatic nitrogens is 1. The van der Waals surface area contributed by atoms with Crippen molar-refractivity contribution >= 4 is 27.3 Å². The Labute approximate surface area is 176 Å². The molecule has 30 heavy (non-hydrogen) atoms. The van der Waals surface area contributed by atoms with Gasteiger partial charge in [0, 0.05) is 5.69 Å². The van der Waals surface area contributed by atoms with Crippen molar-refractivity contribution in [2.24, 2.45) is 0 Å². The number of rotatable bonds is 5. The molecular weight excluding hydrogens is 402 g/mol. The number of nitrogens with zero attached hydrogens (tertiary/aromatic N) is 1. The monoisotopic (exact) mass is 427 g/mol. The highest BCUT2D eigenvalue weighted by Gasteiger charge is 2.24. The predicted octanol–water partition coefficient (Wildman–Crippen LogP) is 4.58. The first kappa shape index (κ1) is 21.6. The maximum Gasteiger partial charge on any atom is 0.262 e. The van der Waals surface area contributed by atoms with E-state index in [9.17, 15) is 13.2 Å². The quantitative estimate of drug-likeness (QED) is 0.621. The Morgan fingerprint density at radius 2 is 1.47 bits per heavy atom. The van der Waals surface area contributed by atoms with Crippen LogP contribution in [-0.2, 0) is 10.0 Å². The van der Waals surface area contributed by atoms with Crippen LogP contribution in [0.2, 0.25) is 0 Å². The normalized spacial score (nSPS) is 11.4. The molecule has 0 radical (unpaired) electrons. The number of benzene rings is 2. The molecule has 0 unspecified atom stereocenters. The third-order valence-corrected chi connectivity index (χ3v) is 7.22. The smallest absolute Gasteiger partial charge is 0.262 e. The lowest BCUT2D eigenvalue weighted by Crippen LogP contribution is -2.18. The summed E-state index contributed by atoms with van der Waals surface area (Å²) in [6, 6.07) is 6.54. The minimum absolute atomic E-state index is 0.289. The van der Waals surface area contributed by atoms with E-state index in [0.717, 1.165) is 27.8 Å². The lowest BCUT2D eigenvalue weighted by molar-refractivity contribution is 0.102. The topological polar surface area (TPSA) is 101 Å². The molecule has 2 N–H and O–H groups in total. The van der Waals surface area contributed by atoms with E-state index in [1.165, 1.54) is 6.20 Å². The zero-order valence-electron chi connectivity index (χ0n) is 17.9. The molecule has 1 heterocycles. The summed E-state index contributed by atoms with van der Waals surface area (Å²) in [5.74, 6) is 0.0191. The number of aryl methyl sites for hydroxylation is 1. The number of hydrogen-bond donors (Lipinski definition) is 2. The van der Waals surface area contributed by atoms with Crippen LogP contribution in [0, 0.1) is 41.5 Å². The van der Waals surface area contributed by atoms with Crippen molar-refractivity contribution in [3.8, 4) is 0 Å². The minimum Gasteiger partial charge on any atom is -0.361 e. The lowest BCUT2D eigenvalue weighted by atomic mass is 9.95. The van der Waals surface area contributed by atoms with Crippen LogP contribution in [0.4, 0.5) is 11.4 Å². The van der Waals surface area contributed by atoms with Gasteiger partial charge in [-0.1, -0.05) is 11.2 Å². The van der Waals surface area contributed by atoms with Gasteiger partial charge >= 0.3 is 0 Å². The third kappa shape index (κ3) is 3.95. The highest BCUT2D eigenvalue weighted by molar-refractivity contribution is 7.92. The predicted molar refractivity (Wildman–Crippen MR) is 117 cm³/mol. The summed E-state index contributed by atoms with van der Waals surface area (Å²) in [7, 11) is -3.82. The van der Waals surface area contributed by atoms with Crippen molar-refractivity contribution in [1.29, 1.82) is 0 Å². The number of nitrogens with one attached hydrogen (secondary N) is 2. The zero-order chi connectivity index (χ0) is 22.2. The van der Waals surface area contributed by atoms with Gasteiger partial charge in [-0.2, -0.15) is 0 Å². The molecule has 0 saturated carbocycles. The van der Waals surface area contributed by atoms with E-state index in [2.05, 4.69) is 15.2 Å². The van der Waals surface area contributed by atoms with Gasteiger partial charge in [-0.25, -0.2) is 8.42 Å². The van der Waals surface area contributed by atoms with E-state index in [-0.39, 0.29) is 10.8 Å². The molecule has 0 aliphatic carbocycles. The summed E-state index contributed by atoms with van der Waals surface area (Å²) in [6.45, 7) is 11.1. The average molecular weight is 428 g/mol. The number of carbonyl (C=O) groups is 1. The molecule has 1 amide bonds. The van der Waals surface area contributed by atoms with Crippen molar-refractivity contribution in [2.45, 2.75) is 46.4 Å². The molecule has 1 aromatic heterocycles. The van der Waals surface area contributed by atoms with E-state index >= 15 is 0 Å². The van der Waals surface area contributed by atoms with E-state index in [4.69, 9.17) is 4.52 Å². The van der Waals surface area contributed by atoms with Gasteiger partial charge in [0.1, 0.15) is 11.3 Å². The van der Waals surface area contributed by atoms with Gasteiger partial charge in [-0.15, -0.1) is 0 Å². The Kier molecular flexibility index (Phi) is 5.72. The van der Waals surface area contributed by atoms with E-state index in [1.54, 1.807) is 31.2 Å². The number of sulfonamides is 1. The molecule has 2 aromatic carbocycles. The maximum absolute atomic E-state index is 13.2. The highest BCUT2D eigenvalue weighted by atomic mass is 32.2. The molecule has 7 nitrogen and oxygen atoms in total. The molecule has 0 bridgehead atoms. The molecule has 0 saturated heterocycles. The Morgan fingerprint density at radius 1 is 0.900 bits per heavy atom. The van der Waals surface area contributed by atoms with Gasteiger partial charge in [0.2, 0.25) is 0 Å². The molecule has 0 spiro atoms. The first-order valence-corrected chi connectivity index (χ1v) is 10.9. The Morgan fingerprint density at radius 3 is 2.03 bits per heavy atom. The fourth-order valence-electron chi connectivity index (χ4n) is 3.45. The van der Waals surface area contributed by atoms with E-state index in [0.29, 0.717) is 22.7 Å². The summed E-state index contributed by atoms with van der Waals surface area (Å²) in [5, 5.41) is 6.32. The second-order valence-corrected chi connectivity index (χ2v) is 9.01. The maximum atomic E-state index is 13.2. The average Bonchev–Trinajstić information content (AvgIpc) is 3.10. The first-order valence-electron chi connectivity index (χ1n) is 9.45. The van der Waals surface area contributed by atoms with Crippen LogP contribution in [-0.4, -0.2) is 19.5 Å². The van der Waals surface area contributed by atoms with Gasteiger partial charge in [0.25, 0.3) is 15.9 Å². The van der Waals surface area contributed by atoms with Crippen LogP contribution >= 0.6 is 0 Å². The van der Waals surface area contributed by atoms with Crippen LogP contribution < -0.4 is 10.0 Å². The molecule has 0 atom stereocenters. The van der Waals surface area contributed by atoms with Crippen molar-refractivity contribution in [3.63, 3.8) is 0 Å². The van der Waals surface area contributed by atoms with Crippen LogP contribution in [0.15, 0.2) is 39.9 Å². The van der Waals surface area contributed by atoms with Gasteiger partial charge in [0.05, 0.1) is 16.8 Å². The van der Waals surface area contributed by atoms with Crippen molar-refractivity contribution in [2.75, 3.05) is 10.0 Å². The minimum atomic E-state index is -3.82. The van der Waals surface area contributed by atoms with Crippen molar-refractivity contribution < 1.29 is 17.7 Å². The number of carbonyl (C=O) groups excluding carboxylic acids is 1. The molecule has 3 aromatic rings. The molecule has 0 aliphatic heterocycles. The van der Waals surface area contributed by atoms with Gasteiger partial charge in [-0.05, 0) is 87.6 Å². The Hall–Kier alpha value is -3.13. The highest BCUT2D eigenvalue weighted by Crippen LogP contribution is 2.31. The van der Waals surface area contributed by atoms with E-state index in [1.807, 2.05) is 34.6 Å². The Bertz CT molecular complexity index is 1210. The number of hydrogen-bond acceptors (Lipinski definition) is 5. The van der Waals surface area contributed by atoms with Gasteiger partial charge < -0.3 is 9.84 Å². The molecular formula is C22H25N3O4S. The zero-order valence-corrected chi connectivity index (χ0v) is 18.7. The largest absolute Gasteiger partial charge is 0.361 e. The van der Waals surface area contributed by atoms with Crippen molar-refractivity contribution in [3.05, 3.63) is 69.6 Å². The van der Waals surface area contributed by atoms with Crippen molar-refractivity contribution in [1.82, 2.24) is 5.16 Å². The van der Waals surface area contributed by atoms with Crippen LogP contribution in [0.5, 0.6) is 0 Å². The molecule has 0 aliphatic rings. The molecule has 8 heteroatoms. The number of anilines is 2.